The molecule has 1 fully saturated rings. The van der Waals surface area contributed by atoms with Crippen molar-refractivity contribution in [2.75, 3.05) is 13.2 Å². The maximum absolute atomic E-state index is 11.0. The Hall–Kier alpha value is -0.570. The number of esters is 1. The number of ether oxygens (including phenoxy) is 2. The molecule has 82 valence electrons. The van der Waals surface area contributed by atoms with Crippen LogP contribution in [0.1, 0.15) is 45.4 Å². The lowest BCUT2D eigenvalue weighted by atomic mass is 10.1. The first-order chi connectivity index (χ1) is 6.83. The molecule has 0 aromatic carbocycles. The van der Waals surface area contributed by atoms with Crippen molar-refractivity contribution < 1.29 is 14.3 Å². The molecule has 0 N–H and O–H groups in total. The molecule has 3 nitrogen and oxygen atoms in total. The molecule has 0 bridgehead atoms. The average molecular weight is 200 g/mol. The van der Waals surface area contributed by atoms with Crippen LogP contribution in [-0.2, 0) is 14.3 Å². The predicted molar refractivity (Wildman–Crippen MR) is 54.1 cm³/mol. The van der Waals surface area contributed by atoms with Gasteiger partial charge in [-0.1, -0.05) is 6.92 Å². The highest BCUT2D eigenvalue weighted by molar-refractivity contribution is 5.69. The molecule has 1 rings (SSSR count). The molecule has 1 atom stereocenters. The largest absolute Gasteiger partial charge is 0.466 e. The Kier molecular flexibility index (Phi) is 5.60. The minimum absolute atomic E-state index is 0.0803. The zero-order valence-electron chi connectivity index (χ0n) is 8.96. The van der Waals surface area contributed by atoms with E-state index in [1.165, 1.54) is 12.8 Å². The highest BCUT2D eigenvalue weighted by Crippen LogP contribution is 2.15. The second kappa shape index (κ2) is 6.82. The number of hydrogen-bond donors (Lipinski definition) is 0. The van der Waals surface area contributed by atoms with E-state index in [9.17, 15) is 4.79 Å². The van der Waals surface area contributed by atoms with Gasteiger partial charge in [0.25, 0.3) is 0 Å². The number of rotatable bonds is 5. The van der Waals surface area contributed by atoms with Gasteiger partial charge in [0.15, 0.2) is 0 Å². The summed E-state index contributed by atoms with van der Waals surface area (Å²) in [5.74, 6) is -0.0803. The van der Waals surface area contributed by atoms with Crippen LogP contribution in [0.15, 0.2) is 0 Å². The van der Waals surface area contributed by atoms with Crippen molar-refractivity contribution in [2.24, 2.45) is 0 Å². The third kappa shape index (κ3) is 4.61. The molecule has 0 aromatic rings. The van der Waals surface area contributed by atoms with Gasteiger partial charge in [0.2, 0.25) is 0 Å². The normalized spacial score (nSPS) is 21.9. The summed E-state index contributed by atoms with van der Waals surface area (Å²) >= 11 is 0. The van der Waals surface area contributed by atoms with Crippen molar-refractivity contribution in [3.05, 3.63) is 0 Å². The summed E-state index contributed by atoms with van der Waals surface area (Å²) in [5, 5.41) is 0. The topological polar surface area (TPSA) is 35.5 Å². The minimum atomic E-state index is -0.0803. The smallest absolute Gasteiger partial charge is 0.305 e. The fourth-order valence-corrected chi connectivity index (χ4v) is 1.62. The Morgan fingerprint density at radius 1 is 1.50 bits per heavy atom. The van der Waals surface area contributed by atoms with Crippen LogP contribution in [0.5, 0.6) is 0 Å². The summed E-state index contributed by atoms with van der Waals surface area (Å²) in [4.78, 5) is 11.0. The summed E-state index contributed by atoms with van der Waals surface area (Å²) in [5.41, 5.74) is 0. The monoisotopic (exact) mass is 200 g/mol. The first-order valence-electron chi connectivity index (χ1n) is 5.60. The van der Waals surface area contributed by atoms with E-state index in [0.29, 0.717) is 19.1 Å². The van der Waals surface area contributed by atoms with Gasteiger partial charge in [-0.15, -0.1) is 0 Å². The van der Waals surface area contributed by atoms with Gasteiger partial charge < -0.3 is 9.47 Å². The summed E-state index contributed by atoms with van der Waals surface area (Å²) in [6, 6.07) is 0. The maximum atomic E-state index is 11.0. The molecule has 1 heterocycles. The second-order valence-corrected chi connectivity index (χ2v) is 3.75. The lowest BCUT2D eigenvalue weighted by Crippen LogP contribution is -2.21. The van der Waals surface area contributed by atoms with Crippen molar-refractivity contribution in [1.29, 1.82) is 0 Å². The van der Waals surface area contributed by atoms with Crippen LogP contribution in [0.4, 0.5) is 0 Å². The number of carbonyl (C=O) groups excluding carboxylic acids is 1. The molecule has 14 heavy (non-hydrogen) atoms. The van der Waals surface area contributed by atoms with Crippen molar-refractivity contribution >= 4 is 5.97 Å². The van der Waals surface area contributed by atoms with Gasteiger partial charge in [-0.25, -0.2) is 0 Å². The van der Waals surface area contributed by atoms with Crippen LogP contribution in [0.2, 0.25) is 0 Å². The zero-order chi connectivity index (χ0) is 10.2. The molecular formula is C11H20O3. The highest BCUT2D eigenvalue weighted by Gasteiger charge is 2.13. The van der Waals surface area contributed by atoms with Crippen molar-refractivity contribution in [1.82, 2.24) is 0 Å². The SMILES string of the molecule is CCCC(=O)OCCC1CCCCO1. The molecule has 1 aliphatic rings. The third-order valence-electron chi connectivity index (χ3n) is 2.43. The Bertz CT molecular complexity index is 162. The standard InChI is InChI=1S/C11H20O3/c1-2-5-11(12)14-9-7-10-6-3-4-8-13-10/h10H,2-9H2,1H3. The predicted octanol–water partition coefficient (Wildman–Crippen LogP) is 2.29. The van der Waals surface area contributed by atoms with Crippen LogP contribution in [-0.4, -0.2) is 25.3 Å². The fraction of sp³-hybridized carbons (Fsp3) is 0.909. The first-order valence-corrected chi connectivity index (χ1v) is 5.60. The van der Waals surface area contributed by atoms with Crippen LogP contribution in [0, 0.1) is 0 Å². The summed E-state index contributed by atoms with van der Waals surface area (Å²) in [7, 11) is 0. The van der Waals surface area contributed by atoms with Gasteiger partial charge >= 0.3 is 5.97 Å². The van der Waals surface area contributed by atoms with Crippen LogP contribution >= 0.6 is 0 Å². The Morgan fingerprint density at radius 2 is 2.36 bits per heavy atom. The van der Waals surface area contributed by atoms with Gasteiger partial charge in [-0.3, -0.25) is 4.79 Å². The Morgan fingerprint density at radius 3 is 3.00 bits per heavy atom. The molecule has 0 amide bonds. The Labute approximate surface area is 85.8 Å². The molecular weight excluding hydrogens is 180 g/mol. The molecule has 1 unspecified atom stereocenters. The molecule has 0 saturated carbocycles. The molecule has 0 aromatic heterocycles. The highest BCUT2D eigenvalue weighted by atomic mass is 16.5. The van der Waals surface area contributed by atoms with Crippen LogP contribution in [0.25, 0.3) is 0 Å². The third-order valence-corrected chi connectivity index (χ3v) is 2.43. The maximum Gasteiger partial charge on any atom is 0.305 e. The van der Waals surface area contributed by atoms with Crippen molar-refractivity contribution in [3.63, 3.8) is 0 Å². The van der Waals surface area contributed by atoms with Gasteiger partial charge in [-0.2, -0.15) is 0 Å². The molecule has 3 heteroatoms. The van der Waals surface area contributed by atoms with E-state index >= 15 is 0 Å². The number of hydrogen-bond acceptors (Lipinski definition) is 3. The van der Waals surface area contributed by atoms with Gasteiger partial charge in [0.1, 0.15) is 0 Å². The van der Waals surface area contributed by atoms with E-state index < -0.39 is 0 Å². The molecule has 1 saturated heterocycles. The van der Waals surface area contributed by atoms with Crippen LogP contribution < -0.4 is 0 Å². The molecule has 0 radical (unpaired) electrons. The molecule has 0 spiro atoms. The Balaban J connectivity index is 1.99. The quantitative estimate of drug-likeness (QED) is 0.639. The number of carbonyl (C=O) groups is 1. The molecule has 0 aliphatic carbocycles. The van der Waals surface area contributed by atoms with Crippen molar-refractivity contribution in [2.45, 2.75) is 51.6 Å². The average Bonchev–Trinajstić information content (AvgIpc) is 2.20. The van der Waals surface area contributed by atoms with E-state index in [1.54, 1.807) is 0 Å². The van der Waals surface area contributed by atoms with E-state index in [4.69, 9.17) is 9.47 Å². The van der Waals surface area contributed by atoms with E-state index in [1.807, 2.05) is 6.92 Å². The van der Waals surface area contributed by atoms with E-state index in [2.05, 4.69) is 0 Å². The first kappa shape index (κ1) is 11.5. The summed E-state index contributed by atoms with van der Waals surface area (Å²) < 4.78 is 10.6. The lowest BCUT2D eigenvalue weighted by Gasteiger charge is -2.22. The summed E-state index contributed by atoms with van der Waals surface area (Å²) in [6.07, 6.45) is 6.10. The van der Waals surface area contributed by atoms with Crippen molar-refractivity contribution in [3.8, 4) is 0 Å². The van der Waals surface area contributed by atoms with Gasteiger partial charge in [0.05, 0.1) is 12.7 Å². The van der Waals surface area contributed by atoms with Crippen LogP contribution in [0.3, 0.4) is 0 Å². The summed E-state index contributed by atoms with van der Waals surface area (Å²) in [6.45, 7) is 3.36. The van der Waals surface area contributed by atoms with E-state index in [0.717, 1.165) is 25.9 Å². The minimum Gasteiger partial charge on any atom is -0.466 e. The van der Waals surface area contributed by atoms with Gasteiger partial charge in [-0.05, 0) is 25.7 Å². The molecule has 1 aliphatic heterocycles. The zero-order valence-corrected chi connectivity index (χ0v) is 8.96. The lowest BCUT2D eigenvalue weighted by molar-refractivity contribution is -0.144. The second-order valence-electron chi connectivity index (χ2n) is 3.75. The van der Waals surface area contributed by atoms with E-state index in [-0.39, 0.29) is 5.97 Å². The fourth-order valence-electron chi connectivity index (χ4n) is 1.62. The van der Waals surface area contributed by atoms with Gasteiger partial charge in [0, 0.05) is 19.4 Å².